The molecule has 1 heterocycles. The van der Waals surface area contributed by atoms with Crippen molar-refractivity contribution in [3.63, 3.8) is 0 Å². The van der Waals surface area contributed by atoms with E-state index in [-0.39, 0.29) is 24.5 Å². The first kappa shape index (κ1) is 27.4. The van der Waals surface area contributed by atoms with Crippen LogP contribution >= 0.6 is 24.0 Å². The van der Waals surface area contributed by atoms with Crippen molar-refractivity contribution in [2.45, 2.75) is 33.7 Å². The van der Waals surface area contributed by atoms with Gasteiger partial charge in [-0.25, -0.2) is 0 Å². The van der Waals surface area contributed by atoms with E-state index in [0.29, 0.717) is 27.3 Å². The molecule has 0 unspecified atom stereocenters. The summed E-state index contributed by atoms with van der Waals surface area (Å²) >= 11 is 6.82. The summed E-state index contributed by atoms with van der Waals surface area (Å²) in [6, 6.07) is 20.8. The number of carbonyl (C=O) groups is 2. The third kappa shape index (κ3) is 6.26. The molecule has 0 aromatic heterocycles. The van der Waals surface area contributed by atoms with Crippen molar-refractivity contribution in [3.8, 4) is 11.5 Å². The lowest BCUT2D eigenvalue weighted by Crippen LogP contribution is -2.30. The van der Waals surface area contributed by atoms with Crippen LogP contribution in [0.3, 0.4) is 0 Å². The molecule has 1 saturated heterocycles. The number of thioether (sulfide) groups is 1. The Kier molecular flexibility index (Phi) is 8.86. The second kappa shape index (κ2) is 12.3. The largest absolute Gasteiger partial charge is 0.490 e. The van der Waals surface area contributed by atoms with Crippen LogP contribution in [0.2, 0.25) is 0 Å². The number of anilines is 1. The van der Waals surface area contributed by atoms with Crippen molar-refractivity contribution in [1.29, 1.82) is 0 Å². The molecule has 1 aliphatic heterocycles. The third-order valence-electron chi connectivity index (χ3n) is 6.30. The smallest absolute Gasteiger partial charge is 0.266 e. The summed E-state index contributed by atoms with van der Waals surface area (Å²) in [4.78, 5) is 28.0. The Labute approximate surface area is 233 Å². The number of thiocarbonyl (C=S) groups is 1. The molecule has 0 spiro atoms. The predicted octanol–water partition coefficient (Wildman–Crippen LogP) is 6.68. The average Bonchev–Trinajstić information content (AvgIpc) is 3.18. The fourth-order valence-corrected chi connectivity index (χ4v) is 5.48. The highest BCUT2D eigenvalue weighted by Crippen LogP contribution is 2.39. The molecule has 0 aliphatic carbocycles. The number of carbonyl (C=O) groups excluding carboxylic acids is 2. The first-order valence-corrected chi connectivity index (χ1v) is 13.6. The molecule has 8 heteroatoms. The molecule has 1 atom stereocenters. The van der Waals surface area contributed by atoms with Gasteiger partial charge in [-0.1, -0.05) is 72.5 Å². The van der Waals surface area contributed by atoms with Crippen LogP contribution in [0.5, 0.6) is 11.5 Å². The normalized spacial score (nSPS) is 15.1. The van der Waals surface area contributed by atoms with E-state index in [0.717, 1.165) is 27.9 Å². The van der Waals surface area contributed by atoms with E-state index in [4.69, 9.17) is 21.7 Å². The lowest BCUT2D eigenvalue weighted by atomic mass is 10.1. The van der Waals surface area contributed by atoms with Crippen LogP contribution < -0.4 is 14.8 Å². The fraction of sp³-hybridized carbons (Fsp3) is 0.233. The van der Waals surface area contributed by atoms with Crippen molar-refractivity contribution in [2.24, 2.45) is 0 Å². The second-order valence-electron chi connectivity index (χ2n) is 8.86. The Bertz CT molecular complexity index is 1390. The van der Waals surface area contributed by atoms with Crippen LogP contribution in [0.1, 0.15) is 42.1 Å². The number of amides is 2. The molecule has 38 heavy (non-hydrogen) atoms. The van der Waals surface area contributed by atoms with Gasteiger partial charge in [0.05, 0.1) is 17.6 Å². The number of hydrogen-bond donors (Lipinski definition) is 1. The second-order valence-corrected chi connectivity index (χ2v) is 10.5. The molecule has 1 fully saturated rings. The van der Waals surface area contributed by atoms with E-state index < -0.39 is 0 Å². The topological polar surface area (TPSA) is 67.9 Å². The molecular formula is C30H30N2O4S2. The van der Waals surface area contributed by atoms with Gasteiger partial charge < -0.3 is 14.8 Å². The van der Waals surface area contributed by atoms with E-state index in [1.807, 2.05) is 82.3 Å². The highest BCUT2D eigenvalue weighted by molar-refractivity contribution is 8.26. The minimum absolute atomic E-state index is 0.127. The van der Waals surface area contributed by atoms with Gasteiger partial charge in [-0.2, -0.15) is 0 Å². The highest BCUT2D eigenvalue weighted by atomic mass is 32.2. The number of nitrogens with one attached hydrogen (secondary N) is 1. The Morgan fingerprint density at radius 3 is 2.55 bits per heavy atom. The number of nitrogens with zero attached hydrogens (tertiary/aromatic N) is 1. The van der Waals surface area contributed by atoms with E-state index >= 15 is 0 Å². The Balaban J connectivity index is 1.47. The van der Waals surface area contributed by atoms with Gasteiger partial charge in [0.1, 0.15) is 4.32 Å². The molecule has 0 radical (unpaired) electrons. The lowest BCUT2D eigenvalue weighted by Gasteiger charge is -2.23. The van der Waals surface area contributed by atoms with E-state index in [1.54, 1.807) is 23.1 Å². The van der Waals surface area contributed by atoms with Crippen LogP contribution in [0.4, 0.5) is 5.69 Å². The van der Waals surface area contributed by atoms with Crippen LogP contribution in [0.25, 0.3) is 6.08 Å². The predicted molar refractivity (Wildman–Crippen MR) is 158 cm³/mol. The molecule has 1 N–H and O–H groups in total. The molecule has 4 rings (SSSR count). The SMILES string of the molecule is CCOc1cc(/C=C2\SC(=S)N([C@H](C)c3ccccc3)C2=O)ccc1OCC(=O)Nc1cccc(C)c1C. The van der Waals surface area contributed by atoms with Crippen molar-refractivity contribution in [2.75, 3.05) is 18.5 Å². The average molecular weight is 547 g/mol. The zero-order valence-corrected chi connectivity index (χ0v) is 23.4. The van der Waals surface area contributed by atoms with Crippen molar-refractivity contribution in [1.82, 2.24) is 4.90 Å². The molecule has 3 aromatic rings. The zero-order valence-electron chi connectivity index (χ0n) is 21.8. The van der Waals surface area contributed by atoms with E-state index in [2.05, 4.69) is 5.32 Å². The maximum absolute atomic E-state index is 13.2. The molecular weight excluding hydrogens is 516 g/mol. The molecule has 1 aliphatic rings. The van der Waals surface area contributed by atoms with E-state index in [1.165, 1.54) is 11.8 Å². The summed E-state index contributed by atoms with van der Waals surface area (Å²) < 4.78 is 12.1. The summed E-state index contributed by atoms with van der Waals surface area (Å²) in [5.41, 5.74) is 4.67. The molecule has 3 aromatic carbocycles. The molecule has 0 saturated carbocycles. The number of rotatable bonds is 9. The Morgan fingerprint density at radius 1 is 1.05 bits per heavy atom. The first-order chi connectivity index (χ1) is 18.3. The van der Waals surface area contributed by atoms with Crippen molar-refractivity contribution < 1.29 is 19.1 Å². The van der Waals surface area contributed by atoms with E-state index in [9.17, 15) is 9.59 Å². The Morgan fingerprint density at radius 2 is 1.82 bits per heavy atom. The van der Waals surface area contributed by atoms with Gasteiger partial charge in [0.2, 0.25) is 0 Å². The molecule has 0 bridgehead atoms. The minimum atomic E-state index is -0.263. The zero-order chi connectivity index (χ0) is 27.2. The molecule has 6 nitrogen and oxygen atoms in total. The minimum Gasteiger partial charge on any atom is -0.490 e. The fourth-order valence-electron chi connectivity index (χ4n) is 4.06. The van der Waals surface area contributed by atoms with Gasteiger partial charge >= 0.3 is 0 Å². The lowest BCUT2D eigenvalue weighted by molar-refractivity contribution is -0.123. The highest BCUT2D eigenvalue weighted by Gasteiger charge is 2.35. The standard InChI is InChI=1S/C30H30N2O4S2/c1-5-35-26-16-22(14-15-25(26)36-18-28(33)31-24-13-9-10-19(2)20(24)3)17-27-29(34)32(30(37)38-27)21(4)23-11-7-6-8-12-23/h6-17,21H,5,18H2,1-4H3,(H,31,33)/b27-17-/t21-/m1/s1. The quantitative estimate of drug-likeness (QED) is 0.238. The summed E-state index contributed by atoms with van der Waals surface area (Å²) in [5, 5.41) is 2.89. The van der Waals surface area contributed by atoms with Crippen LogP contribution in [-0.2, 0) is 9.59 Å². The van der Waals surface area contributed by atoms with Crippen molar-refractivity contribution in [3.05, 3.63) is 93.9 Å². The van der Waals surface area contributed by atoms with Crippen molar-refractivity contribution >= 4 is 51.9 Å². The number of aryl methyl sites for hydroxylation is 1. The van der Waals surface area contributed by atoms with Gasteiger partial charge in [0.25, 0.3) is 11.8 Å². The molecule has 2 amide bonds. The summed E-state index contributed by atoms with van der Waals surface area (Å²) in [7, 11) is 0. The maximum Gasteiger partial charge on any atom is 0.266 e. The number of ether oxygens (including phenoxy) is 2. The van der Waals surface area contributed by atoms with Crippen LogP contribution in [0, 0.1) is 13.8 Å². The number of benzene rings is 3. The van der Waals surface area contributed by atoms with Crippen LogP contribution in [0.15, 0.2) is 71.6 Å². The number of hydrogen-bond acceptors (Lipinski definition) is 6. The summed E-state index contributed by atoms with van der Waals surface area (Å²) in [6.07, 6.45) is 1.80. The summed E-state index contributed by atoms with van der Waals surface area (Å²) in [5.74, 6) is 0.554. The van der Waals surface area contributed by atoms with Gasteiger partial charge in [0.15, 0.2) is 18.1 Å². The summed E-state index contributed by atoms with van der Waals surface area (Å²) in [6.45, 7) is 8.07. The van der Waals surface area contributed by atoms with Gasteiger partial charge in [-0.3, -0.25) is 14.5 Å². The molecule has 196 valence electrons. The third-order valence-corrected chi connectivity index (χ3v) is 7.63. The van der Waals surface area contributed by atoms with Gasteiger partial charge in [-0.05, 0) is 74.2 Å². The van der Waals surface area contributed by atoms with Gasteiger partial charge in [-0.15, -0.1) is 0 Å². The maximum atomic E-state index is 13.2. The first-order valence-electron chi connectivity index (χ1n) is 12.4. The Hall–Kier alpha value is -3.62. The monoisotopic (exact) mass is 546 g/mol. The van der Waals surface area contributed by atoms with Gasteiger partial charge in [0, 0.05) is 5.69 Å². The van der Waals surface area contributed by atoms with Crippen LogP contribution in [-0.4, -0.2) is 34.2 Å².